The molecular formula is C23H20Cl2N2O2S. The van der Waals surface area contributed by atoms with Crippen LogP contribution in [0.25, 0.3) is 0 Å². The van der Waals surface area contributed by atoms with E-state index in [0.717, 1.165) is 10.5 Å². The molecule has 0 bridgehead atoms. The van der Waals surface area contributed by atoms with Crippen molar-refractivity contribution in [2.24, 2.45) is 0 Å². The lowest BCUT2D eigenvalue weighted by Gasteiger charge is -2.14. The molecule has 0 radical (unpaired) electrons. The largest absolute Gasteiger partial charge is 0.325 e. The highest BCUT2D eigenvalue weighted by Gasteiger charge is 2.16. The van der Waals surface area contributed by atoms with Gasteiger partial charge < -0.3 is 10.6 Å². The monoisotopic (exact) mass is 458 g/mol. The number of amides is 2. The van der Waals surface area contributed by atoms with Crippen molar-refractivity contribution >= 4 is 58.2 Å². The summed E-state index contributed by atoms with van der Waals surface area (Å²) in [6.07, 6.45) is 0. The summed E-state index contributed by atoms with van der Waals surface area (Å²) in [5, 5.41) is 6.20. The molecule has 1 unspecified atom stereocenters. The first-order valence-electron chi connectivity index (χ1n) is 9.23. The number of benzene rings is 3. The molecule has 154 valence electrons. The van der Waals surface area contributed by atoms with Crippen LogP contribution in [-0.2, 0) is 4.79 Å². The number of rotatable bonds is 6. The minimum atomic E-state index is -0.359. The van der Waals surface area contributed by atoms with Crippen molar-refractivity contribution in [2.45, 2.75) is 24.0 Å². The zero-order valence-corrected chi connectivity index (χ0v) is 18.7. The number of carbonyl (C=O) groups excluding carboxylic acids is 2. The summed E-state index contributed by atoms with van der Waals surface area (Å²) in [7, 11) is 0. The van der Waals surface area contributed by atoms with Crippen molar-refractivity contribution in [2.75, 3.05) is 10.6 Å². The Bertz CT molecular complexity index is 1090. The van der Waals surface area contributed by atoms with Crippen LogP contribution in [0, 0.1) is 6.92 Å². The smallest absolute Gasteiger partial charge is 0.255 e. The van der Waals surface area contributed by atoms with Crippen LogP contribution in [0.4, 0.5) is 11.4 Å². The number of hydrogen-bond donors (Lipinski definition) is 2. The molecule has 0 aliphatic rings. The van der Waals surface area contributed by atoms with Crippen LogP contribution in [0.3, 0.4) is 0 Å². The lowest BCUT2D eigenvalue weighted by molar-refractivity contribution is -0.115. The Kier molecular flexibility index (Phi) is 7.43. The number of aryl methyl sites for hydroxylation is 1. The topological polar surface area (TPSA) is 58.2 Å². The van der Waals surface area contributed by atoms with Gasteiger partial charge in [0.15, 0.2) is 0 Å². The summed E-state index contributed by atoms with van der Waals surface area (Å²) < 4.78 is 0. The molecule has 4 nitrogen and oxygen atoms in total. The van der Waals surface area contributed by atoms with Gasteiger partial charge in [-0.1, -0.05) is 47.5 Å². The minimum Gasteiger partial charge on any atom is -0.325 e. The highest BCUT2D eigenvalue weighted by atomic mass is 35.5. The Balaban J connectivity index is 1.64. The van der Waals surface area contributed by atoms with Gasteiger partial charge in [0.25, 0.3) is 5.91 Å². The molecule has 3 aromatic carbocycles. The molecule has 3 rings (SSSR count). The molecule has 2 amide bonds. The second-order valence-electron chi connectivity index (χ2n) is 6.68. The zero-order chi connectivity index (χ0) is 21.7. The third-order valence-electron chi connectivity index (χ3n) is 4.35. The van der Waals surface area contributed by atoms with E-state index < -0.39 is 0 Å². The van der Waals surface area contributed by atoms with Crippen molar-refractivity contribution in [3.8, 4) is 0 Å². The molecule has 30 heavy (non-hydrogen) atoms. The van der Waals surface area contributed by atoms with Crippen molar-refractivity contribution in [1.82, 2.24) is 0 Å². The van der Waals surface area contributed by atoms with Gasteiger partial charge >= 0.3 is 0 Å². The van der Waals surface area contributed by atoms with E-state index in [1.165, 1.54) is 11.8 Å². The van der Waals surface area contributed by atoms with Gasteiger partial charge in [-0.05, 0) is 61.9 Å². The van der Waals surface area contributed by atoms with Crippen LogP contribution in [0.1, 0.15) is 22.8 Å². The Morgan fingerprint density at radius 1 is 0.867 bits per heavy atom. The van der Waals surface area contributed by atoms with Crippen molar-refractivity contribution in [1.29, 1.82) is 0 Å². The lowest BCUT2D eigenvalue weighted by atomic mass is 10.1. The van der Waals surface area contributed by atoms with Crippen LogP contribution >= 0.6 is 35.0 Å². The van der Waals surface area contributed by atoms with Crippen molar-refractivity contribution in [3.05, 3.63) is 87.9 Å². The first-order valence-corrected chi connectivity index (χ1v) is 10.9. The highest BCUT2D eigenvalue weighted by Crippen LogP contribution is 2.28. The summed E-state index contributed by atoms with van der Waals surface area (Å²) in [6.45, 7) is 3.71. The Labute approximate surface area is 190 Å². The van der Waals surface area contributed by atoms with E-state index in [9.17, 15) is 9.59 Å². The molecule has 7 heteroatoms. The van der Waals surface area contributed by atoms with Gasteiger partial charge in [-0.3, -0.25) is 9.59 Å². The van der Waals surface area contributed by atoms with E-state index in [2.05, 4.69) is 10.6 Å². The molecule has 0 spiro atoms. The van der Waals surface area contributed by atoms with Gasteiger partial charge in [-0.2, -0.15) is 0 Å². The first-order chi connectivity index (χ1) is 14.3. The Morgan fingerprint density at radius 2 is 1.60 bits per heavy atom. The number of nitrogens with one attached hydrogen (secondary N) is 2. The van der Waals surface area contributed by atoms with Crippen molar-refractivity contribution < 1.29 is 9.59 Å². The normalized spacial score (nSPS) is 11.6. The molecule has 0 aliphatic carbocycles. The fraction of sp³-hybridized carbons (Fsp3) is 0.130. The summed E-state index contributed by atoms with van der Waals surface area (Å²) in [6, 6.07) is 19.8. The predicted molar refractivity (Wildman–Crippen MR) is 126 cm³/mol. The predicted octanol–water partition coefficient (Wildman–Crippen LogP) is 6.67. The highest BCUT2D eigenvalue weighted by molar-refractivity contribution is 8.00. The fourth-order valence-corrected chi connectivity index (χ4v) is 3.97. The van der Waals surface area contributed by atoms with Crippen molar-refractivity contribution in [3.63, 3.8) is 0 Å². The molecule has 0 saturated carbocycles. The third kappa shape index (κ3) is 5.79. The maximum Gasteiger partial charge on any atom is 0.255 e. The average Bonchev–Trinajstić information content (AvgIpc) is 2.71. The molecule has 0 saturated heterocycles. The third-order valence-corrected chi connectivity index (χ3v) is 6.18. The number of carbonyl (C=O) groups is 2. The maximum atomic E-state index is 12.5. The van der Waals surface area contributed by atoms with E-state index in [1.54, 1.807) is 24.3 Å². The second kappa shape index (κ2) is 10.0. The Hall–Kier alpha value is -2.47. The molecule has 0 aromatic heterocycles. The first kappa shape index (κ1) is 22.2. The van der Waals surface area contributed by atoms with Gasteiger partial charge in [0.2, 0.25) is 5.91 Å². The SMILES string of the molecule is Cc1ccccc1C(=O)Nc1cccc(SC(C)C(=O)Nc2ccc(Cl)c(Cl)c2)c1. The summed E-state index contributed by atoms with van der Waals surface area (Å²) in [5.74, 6) is -0.326. The van der Waals surface area contributed by atoms with Gasteiger partial charge in [-0.25, -0.2) is 0 Å². The molecular weight excluding hydrogens is 439 g/mol. The second-order valence-corrected chi connectivity index (χ2v) is 8.90. The molecule has 2 N–H and O–H groups in total. The minimum absolute atomic E-state index is 0.160. The summed E-state index contributed by atoms with van der Waals surface area (Å²) in [5.41, 5.74) is 2.80. The van der Waals surface area contributed by atoms with Gasteiger partial charge in [-0.15, -0.1) is 11.8 Å². The number of anilines is 2. The van der Waals surface area contributed by atoms with Crippen LogP contribution in [0.5, 0.6) is 0 Å². The van der Waals surface area contributed by atoms with E-state index >= 15 is 0 Å². The molecule has 1 atom stereocenters. The zero-order valence-electron chi connectivity index (χ0n) is 16.4. The van der Waals surface area contributed by atoms with E-state index in [4.69, 9.17) is 23.2 Å². The number of halogens is 2. The quantitative estimate of drug-likeness (QED) is 0.405. The van der Waals surface area contributed by atoms with E-state index in [0.29, 0.717) is 27.0 Å². The lowest BCUT2D eigenvalue weighted by Crippen LogP contribution is -2.22. The van der Waals surface area contributed by atoms with Gasteiger partial charge in [0.05, 0.1) is 15.3 Å². The summed E-state index contributed by atoms with van der Waals surface area (Å²) in [4.78, 5) is 25.9. The number of hydrogen-bond acceptors (Lipinski definition) is 3. The Morgan fingerprint density at radius 3 is 2.33 bits per heavy atom. The molecule has 0 heterocycles. The maximum absolute atomic E-state index is 12.5. The van der Waals surface area contributed by atoms with Crippen LogP contribution in [-0.4, -0.2) is 17.1 Å². The van der Waals surface area contributed by atoms with E-state index in [-0.39, 0.29) is 17.1 Å². The van der Waals surface area contributed by atoms with E-state index in [1.807, 2.05) is 56.3 Å². The standard InChI is InChI=1S/C23H20Cl2N2O2S/c1-14-6-3-4-9-19(14)23(29)27-16-7-5-8-18(12-16)30-15(2)22(28)26-17-10-11-20(24)21(25)13-17/h3-13,15H,1-2H3,(H,26,28)(H,27,29). The molecule has 3 aromatic rings. The number of thioether (sulfide) groups is 1. The molecule has 0 aliphatic heterocycles. The molecule has 0 fully saturated rings. The van der Waals surface area contributed by atoms with Crippen LogP contribution in [0.15, 0.2) is 71.6 Å². The van der Waals surface area contributed by atoms with Crippen LogP contribution in [0.2, 0.25) is 10.0 Å². The van der Waals surface area contributed by atoms with Gasteiger partial charge in [0.1, 0.15) is 0 Å². The fourth-order valence-electron chi connectivity index (χ4n) is 2.75. The van der Waals surface area contributed by atoms with Crippen LogP contribution < -0.4 is 10.6 Å². The summed E-state index contributed by atoms with van der Waals surface area (Å²) >= 11 is 13.3. The average molecular weight is 459 g/mol. The van der Waals surface area contributed by atoms with Gasteiger partial charge in [0, 0.05) is 21.8 Å².